The lowest BCUT2D eigenvalue weighted by atomic mass is 10.0. The Balaban J connectivity index is 2.11. The first kappa shape index (κ1) is 13.8. The van der Waals surface area contributed by atoms with Gasteiger partial charge in [-0.15, -0.1) is 0 Å². The SMILES string of the molecule is CC(NC(=O)c1ccccc1CCN)c1ccsc1. The van der Waals surface area contributed by atoms with Crippen LogP contribution in [0.15, 0.2) is 41.1 Å². The van der Waals surface area contributed by atoms with E-state index < -0.39 is 0 Å². The van der Waals surface area contributed by atoms with Crippen LogP contribution in [-0.2, 0) is 6.42 Å². The van der Waals surface area contributed by atoms with Crippen LogP contribution in [-0.4, -0.2) is 12.5 Å². The summed E-state index contributed by atoms with van der Waals surface area (Å²) < 4.78 is 0. The number of benzene rings is 1. The van der Waals surface area contributed by atoms with E-state index >= 15 is 0 Å². The molecule has 2 aromatic rings. The molecule has 1 amide bonds. The van der Waals surface area contributed by atoms with Gasteiger partial charge in [0.2, 0.25) is 0 Å². The van der Waals surface area contributed by atoms with E-state index in [0.29, 0.717) is 6.54 Å². The van der Waals surface area contributed by atoms with E-state index in [1.54, 1.807) is 11.3 Å². The Bertz CT molecular complexity index is 537. The fourth-order valence-electron chi connectivity index (χ4n) is 1.99. The largest absolute Gasteiger partial charge is 0.345 e. The zero-order valence-corrected chi connectivity index (χ0v) is 11.7. The average Bonchev–Trinajstić information content (AvgIpc) is 2.93. The van der Waals surface area contributed by atoms with Crippen molar-refractivity contribution in [2.24, 2.45) is 5.73 Å². The molecule has 0 saturated carbocycles. The molecule has 3 N–H and O–H groups in total. The molecule has 0 bridgehead atoms. The van der Waals surface area contributed by atoms with E-state index in [9.17, 15) is 4.79 Å². The monoisotopic (exact) mass is 274 g/mol. The fraction of sp³-hybridized carbons (Fsp3) is 0.267. The molecule has 0 spiro atoms. The fourth-order valence-corrected chi connectivity index (χ4v) is 2.75. The van der Waals surface area contributed by atoms with Crippen LogP contribution in [0.4, 0.5) is 0 Å². The molecule has 1 atom stereocenters. The highest BCUT2D eigenvalue weighted by atomic mass is 32.1. The minimum absolute atomic E-state index is 0.0182. The van der Waals surface area contributed by atoms with Gasteiger partial charge in [0.1, 0.15) is 0 Å². The predicted molar refractivity (Wildman–Crippen MR) is 79.4 cm³/mol. The summed E-state index contributed by atoms with van der Waals surface area (Å²) >= 11 is 1.63. The Morgan fingerprint density at radius 2 is 2.16 bits per heavy atom. The first-order valence-electron chi connectivity index (χ1n) is 6.33. The minimum atomic E-state index is -0.0391. The van der Waals surface area contributed by atoms with Gasteiger partial charge < -0.3 is 11.1 Å². The number of thiophene rings is 1. The Kier molecular flexibility index (Phi) is 4.71. The van der Waals surface area contributed by atoms with Crippen LogP contribution in [0.3, 0.4) is 0 Å². The molecule has 0 radical (unpaired) electrons. The summed E-state index contributed by atoms with van der Waals surface area (Å²) in [6.07, 6.45) is 0.719. The maximum Gasteiger partial charge on any atom is 0.252 e. The van der Waals surface area contributed by atoms with Crippen molar-refractivity contribution in [3.8, 4) is 0 Å². The van der Waals surface area contributed by atoms with Gasteiger partial charge in [0, 0.05) is 5.56 Å². The molecule has 1 aromatic carbocycles. The van der Waals surface area contributed by atoms with Gasteiger partial charge in [0.05, 0.1) is 6.04 Å². The molecular formula is C15H18N2OS. The number of rotatable bonds is 5. The van der Waals surface area contributed by atoms with Crippen molar-refractivity contribution in [2.75, 3.05) is 6.54 Å². The molecular weight excluding hydrogens is 256 g/mol. The molecule has 0 aliphatic rings. The summed E-state index contributed by atoms with van der Waals surface area (Å²) in [5.41, 5.74) is 8.43. The van der Waals surface area contributed by atoms with Crippen LogP contribution < -0.4 is 11.1 Å². The zero-order chi connectivity index (χ0) is 13.7. The highest BCUT2D eigenvalue weighted by molar-refractivity contribution is 7.07. The second-order valence-corrected chi connectivity index (χ2v) is 5.23. The highest BCUT2D eigenvalue weighted by Crippen LogP contribution is 2.17. The van der Waals surface area contributed by atoms with E-state index in [2.05, 4.69) is 10.7 Å². The first-order chi connectivity index (χ1) is 9.22. The van der Waals surface area contributed by atoms with Crippen molar-refractivity contribution in [3.63, 3.8) is 0 Å². The van der Waals surface area contributed by atoms with Gasteiger partial charge >= 0.3 is 0 Å². The number of amides is 1. The molecule has 1 heterocycles. The molecule has 0 aliphatic carbocycles. The van der Waals surface area contributed by atoms with Crippen LogP contribution in [0.2, 0.25) is 0 Å². The van der Waals surface area contributed by atoms with Crippen molar-refractivity contribution < 1.29 is 4.79 Å². The van der Waals surface area contributed by atoms with Gasteiger partial charge in [0.25, 0.3) is 5.91 Å². The number of carbonyl (C=O) groups excluding carboxylic acids is 1. The lowest BCUT2D eigenvalue weighted by molar-refractivity contribution is 0.0939. The Morgan fingerprint density at radius 1 is 1.37 bits per heavy atom. The third-order valence-corrected chi connectivity index (χ3v) is 3.77. The van der Waals surface area contributed by atoms with Crippen molar-refractivity contribution in [2.45, 2.75) is 19.4 Å². The van der Waals surface area contributed by atoms with Crippen molar-refractivity contribution in [1.29, 1.82) is 0 Å². The summed E-state index contributed by atoms with van der Waals surface area (Å²) in [7, 11) is 0. The van der Waals surface area contributed by atoms with Gasteiger partial charge in [0.15, 0.2) is 0 Å². The standard InChI is InChI=1S/C15H18N2OS/c1-11(13-7-9-19-10-13)17-15(18)14-5-3-2-4-12(14)6-8-16/h2-5,7,9-11H,6,8,16H2,1H3,(H,17,18). The summed E-state index contributed by atoms with van der Waals surface area (Å²) in [5, 5.41) is 7.09. The second-order valence-electron chi connectivity index (χ2n) is 4.45. The van der Waals surface area contributed by atoms with E-state index in [4.69, 9.17) is 5.73 Å². The molecule has 2 rings (SSSR count). The molecule has 1 unspecified atom stereocenters. The summed E-state index contributed by atoms with van der Waals surface area (Å²) in [6.45, 7) is 2.54. The Hall–Kier alpha value is -1.65. The second kappa shape index (κ2) is 6.50. The third kappa shape index (κ3) is 3.43. The minimum Gasteiger partial charge on any atom is -0.345 e. The van der Waals surface area contributed by atoms with E-state index in [0.717, 1.165) is 23.1 Å². The lowest BCUT2D eigenvalue weighted by Crippen LogP contribution is -2.27. The van der Waals surface area contributed by atoms with Gasteiger partial charge in [-0.25, -0.2) is 0 Å². The smallest absolute Gasteiger partial charge is 0.252 e. The molecule has 3 nitrogen and oxygen atoms in total. The van der Waals surface area contributed by atoms with Crippen LogP contribution in [0.5, 0.6) is 0 Å². The number of hydrogen-bond acceptors (Lipinski definition) is 3. The van der Waals surface area contributed by atoms with Gasteiger partial charge in [-0.2, -0.15) is 11.3 Å². The quantitative estimate of drug-likeness (QED) is 0.881. The molecule has 19 heavy (non-hydrogen) atoms. The Labute approximate surface area is 117 Å². The molecule has 100 valence electrons. The summed E-state index contributed by atoms with van der Waals surface area (Å²) in [4.78, 5) is 12.3. The highest BCUT2D eigenvalue weighted by Gasteiger charge is 2.14. The zero-order valence-electron chi connectivity index (χ0n) is 10.9. The molecule has 0 aliphatic heterocycles. The maximum atomic E-state index is 12.3. The van der Waals surface area contributed by atoms with Crippen molar-refractivity contribution >= 4 is 17.2 Å². The topological polar surface area (TPSA) is 55.1 Å². The van der Waals surface area contributed by atoms with E-state index in [1.165, 1.54) is 0 Å². The molecule has 0 saturated heterocycles. The van der Waals surface area contributed by atoms with E-state index in [1.807, 2.05) is 42.6 Å². The maximum absolute atomic E-state index is 12.3. The number of nitrogens with two attached hydrogens (primary N) is 1. The first-order valence-corrected chi connectivity index (χ1v) is 7.27. The van der Waals surface area contributed by atoms with Crippen LogP contribution in [0.1, 0.15) is 34.5 Å². The van der Waals surface area contributed by atoms with Crippen molar-refractivity contribution in [1.82, 2.24) is 5.32 Å². The molecule has 4 heteroatoms. The van der Waals surface area contributed by atoms with Gasteiger partial charge in [-0.3, -0.25) is 4.79 Å². The van der Waals surface area contributed by atoms with E-state index in [-0.39, 0.29) is 11.9 Å². The molecule has 0 fully saturated rings. The lowest BCUT2D eigenvalue weighted by Gasteiger charge is -2.14. The number of hydrogen-bond donors (Lipinski definition) is 2. The molecule has 1 aromatic heterocycles. The van der Waals surface area contributed by atoms with Gasteiger partial charge in [-0.05, 0) is 53.9 Å². The summed E-state index contributed by atoms with van der Waals surface area (Å²) in [5.74, 6) is -0.0391. The van der Waals surface area contributed by atoms with Crippen LogP contribution in [0, 0.1) is 0 Å². The van der Waals surface area contributed by atoms with Crippen LogP contribution >= 0.6 is 11.3 Å². The third-order valence-electron chi connectivity index (χ3n) is 3.07. The summed E-state index contributed by atoms with van der Waals surface area (Å²) in [6, 6.07) is 9.66. The van der Waals surface area contributed by atoms with Crippen molar-refractivity contribution in [3.05, 3.63) is 57.8 Å². The van der Waals surface area contributed by atoms with Gasteiger partial charge in [-0.1, -0.05) is 18.2 Å². The predicted octanol–water partition coefficient (Wildman–Crippen LogP) is 2.74. The normalized spacial score (nSPS) is 12.1. The Morgan fingerprint density at radius 3 is 2.84 bits per heavy atom. The average molecular weight is 274 g/mol. The number of carbonyl (C=O) groups is 1. The number of nitrogens with one attached hydrogen (secondary N) is 1. The van der Waals surface area contributed by atoms with Crippen LogP contribution in [0.25, 0.3) is 0 Å².